The lowest BCUT2D eigenvalue weighted by atomic mass is 9.78. The van der Waals surface area contributed by atoms with Crippen LogP contribution in [0.3, 0.4) is 0 Å². The smallest absolute Gasteiger partial charge is 0.355 e. The Balaban J connectivity index is 1.90. The average Bonchev–Trinajstić information content (AvgIpc) is 3.02. The van der Waals surface area contributed by atoms with E-state index in [0.717, 1.165) is 12.8 Å². The number of aromatic nitrogens is 1. The van der Waals surface area contributed by atoms with Gasteiger partial charge >= 0.3 is 5.97 Å². The lowest BCUT2D eigenvalue weighted by molar-refractivity contribution is -0.130. The topological polar surface area (TPSA) is 88.3 Å². The van der Waals surface area contributed by atoms with Crippen LogP contribution in [0.5, 0.6) is 0 Å². The number of ether oxygens (including phenoxy) is 1. The molecule has 132 valence electrons. The van der Waals surface area contributed by atoms with Crippen LogP contribution in [0.4, 0.5) is 0 Å². The van der Waals surface area contributed by atoms with Crippen LogP contribution in [0.1, 0.15) is 67.8 Å². The van der Waals surface area contributed by atoms with Crippen molar-refractivity contribution in [3.63, 3.8) is 0 Å². The summed E-state index contributed by atoms with van der Waals surface area (Å²) in [5.41, 5.74) is 0.573. The lowest BCUT2D eigenvalue weighted by Gasteiger charge is -2.35. The van der Waals surface area contributed by atoms with E-state index in [1.54, 1.807) is 6.92 Å². The van der Waals surface area contributed by atoms with E-state index in [0.29, 0.717) is 17.4 Å². The van der Waals surface area contributed by atoms with Crippen molar-refractivity contribution in [2.24, 2.45) is 11.8 Å². The number of hydrogen-bond acceptors (Lipinski definition) is 4. The first-order chi connectivity index (χ1) is 11.3. The molecule has 1 saturated carbocycles. The number of carbonyl (C=O) groups excluding carboxylic acids is 3. The molecule has 1 aliphatic carbocycles. The minimum atomic E-state index is -0.883. The van der Waals surface area contributed by atoms with Gasteiger partial charge in [0.05, 0.1) is 0 Å². The summed E-state index contributed by atoms with van der Waals surface area (Å²) in [6, 6.07) is 1.55. The lowest BCUT2D eigenvalue weighted by Crippen LogP contribution is -2.47. The standard InChI is InChI=1S/C18H26N2O4/c1-10-6-5-7-15(11(10)2)20-17(22)13(4)24-18(23)16-8-14(9-19-16)12(3)21/h8-11,13,15,19H,5-7H2,1-4H3,(H,20,22)/t10-,11+,13+,15+/m0/s1. The number of carbonyl (C=O) groups is 3. The summed E-state index contributed by atoms with van der Waals surface area (Å²) in [7, 11) is 0. The Morgan fingerprint density at radius 2 is 2.00 bits per heavy atom. The quantitative estimate of drug-likeness (QED) is 0.640. The summed E-state index contributed by atoms with van der Waals surface area (Å²) in [6.07, 6.45) is 3.81. The van der Waals surface area contributed by atoms with E-state index < -0.39 is 12.1 Å². The zero-order valence-electron chi connectivity index (χ0n) is 14.7. The van der Waals surface area contributed by atoms with E-state index in [-0.39, 0.29) is 23.4 Å². The van der Waals surface area contributed by atoms with Crippen molar-refractivity contribution in [1.82, 2.24) is 10.3 Å². The normalized spacial score (nSPS) is 24.9. The highest BCUT2D eigenvalue weighted by atomic mass is 16.5. The molecule has 0 unspecified atom stereocenters. The van der Waals surface area contributed by atoms with E-state index in [9.17, 15) is 14.4 Å². The van der Waals surface area contributed by atoms with Gasteiger partial charge in [0.15, 0.2) is 11.9 Å². The monoisotopic (exact) mass is 334 g/mol. The highest BCUT2D eigenvalue weighted by Crippen LogP contribution is 2.29. The van der Waals surface area contributed by atoms with Gasteiger partial charge in [0.2, 0.25) is 0 Å². The summed E-state index contributed by atoms with van der Waals surface area (Å²) in [5.74, 6) is -0.0858. The molecule has 1 aromatic heterocycles. The summed E-state index contributed by atoms with van der Waals surface area (Å²) in [5, 5.41) is 3.00. The van der Waals surface area contributed by atoms with Crippen LogP contribution < -0.4 is 5.32 Å². The van der Waals surface area contributed by atoms with Crippen molar-refractivity contribution in [1.29, 1.82) is 0 Å². The maximum absolute atomic E-state index is 12.3. The van der Waals surface area contributed by atoms with E-state index in [1.165, 1.54) is 25.6 Å². The second-order valence-electron chi connectivity index (χ2n) is 6.79. The van der Waals surface area contributed by atoms with Gasteiger partial charge in [-0.3, -0.25) is 9.59 Å². The van der Waals surface area contributed by atoms with Crippen molar-refractivity contribution >= 4 is 17.7 Å². The molecular weight excluding hydrogens is 308 g/mol. The molecule has 1 aliphatic rings. The third-order valence-electron chi connectivity index (χ3n) is 5.00. The van der Waals surface area contributed by atoms with Crippen LogP contribution in [0.2, 0.25) is 0 Å². The molecule has 1 fully saturated rings. The van der Waals surface area contributed by atoms with Crippen LogP contribution in [0.15, 0.2) is 12.3 Å². The van der Waals surface area contributed by atoms with Gasteiger partial charge in [-0.15, -0.1) is 0 Å². The first-order valence-electron chi connectivity index (χ1n) is 8.50. The molecule has 24 heavy (non-hydrogen) atoms. The SMILES string of the molecule is CC(=O)c1c[nH]c(C(=O)O[C@H](C)C(=O)N[C@@H]2CCC[C@H](C)[C@H]2C)c1. The van der Waals surface area contributed by atoms with E-state index in [2.05, 4.69) is 24.1 Å². The molecule has 0 aromatic carbocycles. The molecular formula is C18H26N2O4. The molecule has 1 aromatic rings. The number of H-pyrrole nitrogens is 1. The third-order valence-corrected chi connectivity index (χ3v) is 5.00. The first-order valence-corrected chi connectivity index (χ1v) is 8.50. The molecule has 0 radical (unpaired) electrons. The van der Waals surface area contributed by atoms with E-state index in [4.69, 9.17) is 4.74 Å². The number of Topliss-reactive ketones (excluding diaryl/α,β-unsaturated/α-hetero) is 1. The van der Waals surface area contributed by atoms with Crippen LogP contribution >= 0.6 is 0 Å². The summed E-state index contributed by atoms with van der Waals surface area (Å²) >= 11 is 0. The molecule has 0 spiro atoms. The number of rotatable bonds is 5. The predicted octanol–water partition coefficient (Wildman–Crippen LogP) is 2.70. The molecule has 0 aliphatic heterocycles. The van der Waals surface area contributed by atoms with E-state index in [1.807, 2.05) is 0 Å². The number of amides is 1. The number of aromatic amines is 1. The third kappa shape index (κ3) is 4.24. The molecule has 1 amide bonds. The van der Waals surface area contributed by atoms with Gasteiger partial charge in [-0.1, -0.05) is 26.7 Å². The van der Waals surface area contributed by atoms with Crippen LogP contribution in [0.25, 0.3) is 0 Å². The average molecular weight is 334 g/mol. The number of hydrogen-bond donors (Lipinski definition) is 2. The molecule has 2 rings (SSSR count). The zero-order chi connectivity index (χ0) is 17.9. The van der Waals surface area contributed by atoms with Crippen molar-refractivity contribution in [2.75, 3.05) is 0 Å². The fraction of sp³-hybridized carbons (Fsp3) is 0.611. The summed E-state index contributed by atoms with van der Waals surface area (Å²) < 4.78 is 5.20. The first kappa shape index (κ1) is 18.2. The molecule has 0 bridgehead atoms. The Bertz CT molecular complexity index is 622. The number of ketones is 1. The molecule has 6 heteroatoms. The zero-order valence-corrected chi connectivity index (χ0v) is 14.7. The fourth-order valence-corrected chi connectivity index (χ4v) is 3.08. The maximum atomic E-state index is 12.3. The molecule has 6 nitrogen and oxygen atoms in total. The van der Waals surface area contributed by atoms with Crippen molar-refractivity contribution in [2.45, 2.75) is 59.1 Å². The second-order valence-corrected chi connectivity index (χ2v) is 6.79. The molecule has 2 N–H and O–H groups in total. The molecule has 4 atom stereocenters. The van der Waals surface area contributed by atoms with Crippen molar-refractivity contribution < 1.29 is 19.1 Å². The second kappa shape index (κ2) is 7.64. The van der Waals surface area contributed by atoms with Crippen molar-refractivity contribution in [3.05, 3.63) is 23.5 Å². The Labute approximate surface area is 142 Å². The van der Waals surface area contributed by atoms with Crippen molar-refractivity contribution in [3.8, 4) is 0 Å². The Morgan fingerprint density at radius 1 is 1.29 bits per heavy atom. The minimum Gasteiger partial charge on any atom is -0.448 e. The molecule has 0 saturated heterocycles. The van der Waals surface area contributed by atoms with Gasteiger partial charge in [0.1, 0.15) is 5.69 Å². The maximum Gasteiger partial charge on any atom is 0.355 e. The van der Waals surface area contributed by atoms with Gasteiger partial charge < -0.3 is 15.0 Å². The summed E-state index contributed by atoms with van der Waals surface area (Å²) in [4.78, 5) is 38.3. The van der Waals surface area contributed by atoms with E-state index >= 15 is 0 Å². The van der Waals surface area contributed by atoms with Gasteiger partial charge in [-0.25, -0.2) is 4.79 Å². The Morgan fingerprint density at radius 3 is 2.62 bits per heavy atom. The van der Waals surface area contributed by atoms with Gasteiger partial charge in [-0.2, -0.15) is 0 Å². The number of nitrogens with one attached hydrogen (secondary N) is 2. The van der Waals surface area contributed by atoms with Crippen LogP contribution in [-0.2, 0) is 9.53 Å². The van der Waals surface area contributed by atoms with Crippen LogP contribution in [-0.4, -0.2) is 34.8 Å². The van der Waals surface area contributed by atoms with Gasteiger partial charge in [0, 0.05) is 17.8 Å². The predicted molar refractivity (Wildman–Crippen MR) is 89.8 cm³/mol. The highest BCUT2D eigenvalue weighted by molar-refractivity contribution is 5.98. The minimum absolute atomic E-state index is 0.122. The molecule has 1 heterocycles. The van der Waals surface area contributed by atoms with Gasteiger partial charge in [-0.05, 0) is 38.2 Å². The Hall–Kier alpha value is -2.11. The fourth-order valence-electron chi connectivity index (χ4n) is 3.08. The van der Waals surface area contributed by atoms with Crippen LogP contribution in [0, 0.1) is 11.8 Å². The summed E-state index contributed by atoms with van der Waals surface area (Å²) in [6.45, 7) is 7.32. The van der Waals surface area contributed by atoms with Gasteiger partial charge in [0.25, 0.3) is 5.91 Å². The number of esters is 1. The highest BCUT2D eigenvalue weighted by Gasteiger charge is 2.30. The largest absolute Gasteiger partial charge is 0.448 e. The Kier molecular flexibility index (Phi) is 5.80.